The molecule has 2 atom stereocenters. The van der Waals surface area contributed by atoms with Gasteiger partial charge in [0.2, 0.25) is 0 Å². The van der Waals surface area contributed by atoms with Crippen LogP contribution in [0.5, 0.6) is 0 Å². The van der Waals surface area contributed by atoms with Crippen LogP contribution in [0.25, 0.3) is 0 Å². The van der Waals surface area contributed by atoms with E-state index in [1.165, 1.54) is 12.8 Å². The van der Waals surface area contributed by atoms with Crippen LogP contribution in [0.2, 0.25) is 0 Å². The highest BCUT2D eigenvalue weighted by Crippen LogP contribution is 2.30. The molecular weight excluding hydrogens is 302 g/mol. The Balaban J connectivity index is 1.66. The predicted octanol–water partition coefficient (Wildman–Crippen LogP) is 2.79. The summed E-state index contributed by atoms with van der Waals surface area (Å²) >= 11 is 0. The van der Waals surface area contributed by atoms with Crippen LogP contribution in [0.15, 0.2) is 49.4 Å². The Hall–Kier alpha value is -2.63. The molecule has 2 aromatic rings. The molecule has 1 saturated carbocycles. The fraction of sp³-hybridized carbons (Fsp3) is 0.389. The van der Waals surface area contributed by atoms with Gasteiger partial charge in [-0.05, 0) is 31.0 Å². The van der Waals surface area contributed by atoms with Crippen LogP contribution >= 0.6 is 0 Å². The van der Waals surface area contributed by atoms with Crippen molar-refractivity contribution in [2.75, 3.05) is 11.9 Å². The summed E-state index contributed by atoms with van der Waals surface area (Å²) in [6, 6.07) is 6.25. The first kappa shape index (κ1) is 16.2. The van der Waals surface area contributed by atoms with Gasteiger partial charge in [0.15, 0.2) is 0 Å². The Bertz CT molecular complexity index is 665. The number of nitrogens with one attached hydrogen (secondary N) is 2. The zero-order valence-electron chi connectivity index (χ0n) is 13.7. The maximum absolute atomic E-state index is 11.9. The van der Waals surface area contributed by atoms with E-state index in [0.717, 1.165) is 18.7 Å². The van der Waals surface area contributed by atoms with E-state index in [1.807, 2.05) is 29.2 Å². The third-order valence-electron chi connectivity index (χ3n) is 4.36. The Kier molecular flexibility index (Phi) is 5.25. The third kappa shape index (κ3) is 3.82. The first-order valence-corrected chi connectivity index (χ1v) is 8.39. The number of pyridine rings is 1. The van der Waals surface area contributed by atoms with Crippen molar-refractivity contribution >= 4 is 11.7 Å². The lowest BCUT2D eigenvalue weighted by atomic mass is 9.90. The second-order valence-electron chi connectivity index (χ2n) is 6.02. The Morgan fingerprint density at radius 1 is 1.38 bits per heavy atom. The predicted molar refractivity (Wildman–Crippen MR) is 93.9 cm³/mol. The summed E-state index contributed by atoms with van der Waals surface area (Å²) in [7, 11) is 0. The van der Waals surface area contributed by atoms with Gasteiger partial charge in [0.05, 0.1) is 11.6 Å². The molecule has 0 spiro atoms. The van der Waals surface area contributed by atoms with Crippen molar-refractivity contribution in [3.8, 4) is 0 Å². The standard InChI is InChI=1S/C18H23N5O/c1-2-10-19-18(24)14-8-9-17(20-13-14)22-15-6-3-4-7-16(15)23-12-5-11-21-23/h2,5,8-9,11-13,15-16H,1,3-4,6-7,10H2,(H,19,24)(H,20,22)/t15-,16+/m1/s1. The van der Waals surface area contributed by atoms with Gasteiger partial charge in [0.1, 0.15) is 5.82 Å². The van der Waals surface area contributed by atoms with Crippen molar-refractivity contribution in [2.45, 2.75) is 37.8 Å². The fourth-order valence-electron chi connectivity index (χ4n) is 3.14. The Morgan fingerprint density at radius 2 is 2.25 bits per heavy atom. The largest absolute Gasteiger partial charge is 0.365 e. The highest BCUT2D eigenvalue weighted by molar-refractivity contribution is 5.94. The molecule has 2 heterocycles. The van der Waals surface area contributed by atoms with Gasteiger partial charge >= 0.3 is 0 Å². The highest BCUT2D eigenvalue weighted by atomic mass is 16.1. The van der Waals surface area contributed by atoms with Gasteiger partial charge in [-0.15, -0.1) is 6.58 Å². The van der Waals surface area contributed by atoms with Crippen molar-refractivity contribution < 1.29 is 4.79 Å². The summed E-state index contributed by atoms with van der Waals surface area (Å²) in [5.74, 6) is 0.653. The number of nitrogens with zero attached hydrogens (tertiary/aromatic N) is 3. The molecule has 0 aromatic carbocycles. The quantitative estimate of drug-likeness (QED) is 0.801. The summed E-state index contributed by atoms with van der Waals surface area (Å²) in [4.78, 5) is 16.3. The van der Waals surface area contributed by atoms with E-state index in [2.05, 4.69) is 27.3 Å². The topological polar surface area (TPSA) is 71.8 Å². The molecule has 6 heteroatoms. The molecule has 1 fully saturated rings. The van der Waals surface area contributed by atoms with Crippen molar-refractivity contribution in [1.29, 1.82) is 0 Å². The monoisotopic (exact) mass is 325 g/mol. The molecule has 0 radical (unpaired) electrons. The molecule has 0 bridgehead atoms. The summed E-state index contributed by atoms with van der Waals surface area (Å²) < 4.78 is 2.04. The average Bonchev–Trinajstić information content (AvgIpc) is 3.15. The van der Waals surface area contributed by atoms with Gasteiger partial charge in [0, 0.05) is 31.2 Å². The maximum Gasteiger partial charge on any atom is 0.253 e. The lowest BCUT2D eigenvalue weighted by molar-refractivity contribution is 0.0957. The molecule has 0 aliphatic heterocycles. The number of amides is 1. The molecule has 3 rings (SSSR count). The first-order chi connectivity index (χ1) is 11.8. The third-order valence-corrected chi connectivity index (χ3v) is 4.36. The Labute approximate surface area is 142 Å². The molecule has 2 N–H and O–H groups in total. The van der Waals surface area contributed by atoms with Crippen LogP contribution < -0.4 is 10.6 Å². The van der Waals surface area contributed by atoms with E-state index in [0.29, 0.717) is 24.2 Å². The van der Waals surface area contributed by atoms with E-state index >= 15 is 0 Å². The minimum Gasteiger partial charge on any atom is -0.365 e. The molecule has 24 heavy (non-hydrogen) atoms. The van der Waals surface area contributed by atoms with E-state index in [9.17, 15) is 4.79 Å². The molecule has 1 aliphatic carbocycles. The van der Waals surface area contributed by atoms with Gasteiger partial charge in [-0.2, -0.15) is 5.10 Å². The van der Waals surface area contributed by atoms with E-state index in [1.54, 1.807) is 18.3 Å². The Morgan fingerprint density at radius 3 is 2.96 bits per heavy atom. The second-order valence-corrected chi connectivity index (χ2v) is 6.02. The zero-order chi connectivity index (χ0) is 16.8. The molecule has 1 aliphatic rings. The molecule has 1 amide bonds. The molecule has 126 valence electrons. The number of carbonyl (C=O) groups is 1. The number of hydrogen-bond acceptors (Lipinski definition) is 4. The number of carbonyl (C=O) groups excluding carboxylic acids is 1. The summed E-state index contributed by atoms with van der Waals surface area (Å²) in [5, 5.41) is 10.6. The van der Waals surface area contributed by atoms with Crippen molar-refractivity contribution in [2.24, 2.45) is 0 Å². The lowest BCUT2D eigenvalue weighted by Crippen LogP contribution is -2.34. The highest BCUT2D eigenvalue weighted by Gasteiger charge is 2.27. The summed E-state index contributed by atoms with van der Waals surface area (Å²) in [6.07, 6.45) is 11.7. The number of hydrogen-bond donors (Lipinski definition) is 2. The molecule has 6 nitrogen and oxygen atoms in total. The van der Waals surface area contributed by atoms with Gasteiger partial charge in [-0.3, -0.25) is 9.48 Å². The van der Waals surface area contributed by atoms with Gasteiger partial charge in [-0.1, -0.05) is 18.9 Å². The second kappa shape index (κ2) is 7.77. The van der Waals surface area contributed by atoms with Crippen LogP contribution in [0.1, 0.15) is 42.1 Å². The van der Waals surface area contributed by atoms with Gasteiger partial charge in [0.25, 0.3) is 5.91 Å². The van der Waals surface area contributed by atoms with E-state index < -0.39 is 0 Å². The fourth-order valence-corrected chi connectivity index (χ4v) is 3.14. The summed E-state index contributed by atoms with van der Waals surface area (Å²) in [6.45, 7) is 4.04. The molecule has 0 unspecified atom stereocenters. The van der Waals surface area contributed by atoms with E-state index in [-0.39, 0.29) is 5.91 Å². The average molecular weight is 325 g/mol. The summed E-state index contributed by atoms with van der Waals surface area (Å²) in [5.41, 5.74) is 0.551. The van der Waals surface area contributed by atoms with Crippen LogP contribution in [-0.2, 0) is 0 Å². The van der Waals surface area contributed by atoms with Crippen molar-refractivity contribution in [1.82, 2.24) is 20.1 Å². The zero-order valence-corrected chi connectivity index (χ0v) is 13.7. The molecule has 2 aromatic heterocycles. The van der Waals surface area contributed by atoms with Crippen LogP contribution in [-0.4, -0.2) is 33.3 Å². The number of rotatable bonds is 6. The van der Waals surface area contributed by atoms with Gasteiger partial charge in [-0.25, -0.2) is 4.98 Å². The van der Waals surface area contributed by atoms with Gasteiger partial charge < -0.3 is 10.6 Å². The number of aromatic nitrogens is 3. The van der Waals surface area contributed by atoms with Crippen LogP contribution in [0, 0.1) is 0 Å². The van der Waals surface area contributed by atoms with Crippen LogP contribution in [0.3, 0.4) is 0 Å². The first-order valence-electron chi connectivity index (χ1n) is 8.39. The van der Waals surface area contributed by atoms with Crippen molar-refractivity contribution in [3.63, 3.8) is 0 Å². The molecule has 0 saturated heterocycles. The number of anilines is 1. The van der Waals surface area contributed by atoms with E-state index in [4.69, 9.17) is 0 Å². The normalized spacial score (nSPS) is 20.3. The minimum absolute atomic E-state index is 0.138. The maximum atomic E-state index is 11.9. The molecular formula is C18H23N5O. The lowest BCUT2D eigenvalue weighted by Gasteiger charge is -2.32. The smallest absolute Gasteiger partial charge is 0.253 e. The minimum atomic E-state index is -0.138. The van der Waals surface area contributed by atoms with Crippen LogP contribution in [0.4, 0.5) is 5.82 Å². The van der Waals surface area contributed by atoms with Crippen molar-refractivity contribution in [3.05, 3.63) is 55.0 Å². The SMILES string of the molecule is C=CCNC(=O)c1ccc(N[C@@H]2CCCC[C@@H]2n2cccn2)nc1.